The number of hydrogen-bond acceptors (Lipinski definition) is 6. The summed E-state index contributed by atoms with van der Waals surface area (Å²) in [6, 6.07) is 9.74. The summed E-state index contributed by atoms with van der Waals surface area (Å²) in [4.78, 5) is 26.6. The normalized spacial score (nSPS) is 15.1. The van der Waals surface area contributed by atoms with Crippen molar-refractivity contribution in [1.29, 1.82) is 0 Å². The fourth-order valence-electron chi connectivity index (χ4n) is 3.65. The third-order valence-electron chi connectivity index (χ3n) is 5.35. The number of carbonyl (C=O) groups excluding carboxylic acids is 2. The van der Waals surface area contributed by atoms with E-state index < -0.39 is 12.0 Å². The van der Waals surface area contributed by atoms with Crippen LogP contribution in [0.1, 0.15) is 29.0 Å². The molecule has 0 unspecified atom stereocenters. The summed E-state index contributed by atoms with van der Waals surface area (Å²) in [6.07, 6.45) is -3.69. The second-order valence-corrected chi connectivity index (χ2v) is 7.36. The van der Waals surface area contributed by atoms with Crippen molar-refractivity contribution in [3.8, 4) is 0 Å². The van der Waals surface area contributed by atoms with Crippen LogP contribution in [0.3, 0.4) is 0 Å². The molecule has 1 aliphatic heterocycles. The number of nitrogens with one attached hydrogen (secondary N) is 2. The molecule has 0 radical (unpaired) electrons. The van der Waals surface area contributed by atoms with E-state index >= 15 is 0 Å². The molecule has 0 bridgehead atoms. The van der Waals surface area contributed by atoms with Gasteiger partial charge in [0.15, 0.2) is 5.65 Å². The Morgan fingerprint density at radius 3 is 2.47 bits per heavy atom. The molecular weight excluding hydrogens is 427 g/mol. The first-order chi connectivity index (χ1) is 15.3. The Morgan fingerprint density at radius 2 is 1.78 bits per heavy atom. The molecule has 2 N–H and O–H groups in total. The average molecular weight is 447 g/mol. The maximum atomic E-state index is 13.1. The molecule has 9 nitrogen and oxygen atoms in total. The first kappa shape index (κ1) is 21.5. The zero-order chi connectivity index (χ0) is 22.9. The molecule has 0 spiro atoms. The quantitative estimate of drug-likeness (QED) is 0.636. The minimum atomic E-state index is -4.67. The largest absolute Gasteiger partial charge is 0.453 e. The van der Waals surface area contributed by atoms with E-state index in [1.165, 1.54) is 13.1 Å². The summed E-state index contributed by atoms with van der Waals surface area (Å²) in [5, 5.41) is 16.1. The smallest absolute Gasteiger partial charge is 0.355 e. The molecule has 12 heteroatoms. The number of hydrogen-bond donors (Lipinski definition) is 2. The lowest BCUT2D eigenvalue weighted by molar-refractivity contribution is -0.146. The predicted molar refractivity (Wildman–Crippen MR) is 109 cm³/mol. The first-order valence-corrected chi connectivity index (χ1v) is 9.94. The van der Waals surface area contributed by atoms with Crippen molar-refractivity contribution in [1.82, 2.24) is 25.1 Å². The highest BCUT2D eigenvalue weighted by Crippen LogP contribution is 2.29. The van der Waals surface area contributed by atoms with E-state index in [2.05, 4.69) is 25.9 Å². The Morgan fingerprint density at radius 1 is 1.06 bits per heavy atom. The van der Waals surface area contributed by atoms with Crippen molar-refractivity contribution in [2.45, 2.75) is 19.0 Å². The highest BCUT2D eigenvalue weighted by atomic mass is 19.4. The summed E-state index contributed by atoms with van der Waals surface area (Å²) < 4.78 is 40.0. The molecule has 1 aliphatic rings. The number of aromatic nitrogens is 4. The van der Waals surface area contributed by atoms with Gasteiger partial charge < -0.3 is 15.5 Å². The first-order valence-electron chi connectivity index (χ1n) is 9.94. The van der Waals surface area contributed by atoms with Crippen LogP contribution in [0, 0.1) is 5.92 Å². The van der Waals surface area contributed by atoms with Crippen LogP contribution in [-0.4, -0.2) is 51.8 Å². The number of halogens is 3. The highest BCUT2D eigenvalue weighted by molar-refractivity contribution is 6.04. The number of benzene rings is 1. The van der Waals surface area contributed by atoms with E-state index in [0.717, 1.165) is 0 Å². The summed E-state index contributed by atoms with van der Waals surface area (Å²) in [7, 11) is 1.51. The van der Waals surface area contributed by atoms with Gasteiger partial charge in [0, 0.05) is 26.1 Å². The molecule has 2 amide bonds. The fraction of sp³-hybridized carbons (Fsp3) is 0.350. The van der Waals surface area contributed by atoms with E-state index in [1.54, 1.807) is 30.3 Å². The van der Waals surface area contributed by atoms with Gasteiger partial charge in [0.05, 0.1) is 11.3 Å². The van der Waals surface area contributed by atoms with Crippen LogP contribution in [-0.2, 0) is 11.0 Å². The molecule has 4 rings (SSSR count). The van der Waals surface area contributed by atoms with Gasteiger partial charge in [-0.25, -0.2) is 0 Å². The van der Waals surface area contributed by atoms with Crippen molar-refractivity contribution in [2.75, 3.05) is 30.4 Å². The molecule has 2 aromatic heterocycles. The molecule has 168 valence electrons. The lowest BCUT2D eigenvalue weighted by Gasteiger charge is -2.32. The van der Waals surface area contributed by atoms with Gasteiger partial charge >= 0.3 is 6.18 Å². The number of para-hydroxylation sites is 1. The van der Waals surface area contributed by atoms with E-state index in [-0.39, 0.29) is 23.4 Å². The highest BCUT2D eigenvalue weighted by Gasteiger charge is 2.38. The van der Waals surface area contributed by atoms with Crippen molar-refractivity contribution < 1.29 is 22.8 Å². The molecule has 0 aliphatic carbocycles. The molecule has 1 saturated heterocycles. The third-order valence-corrected chi connectivity index (χ3v) is 5.35. The lowest BCUT2D eigenvalue weighted by Crippen LogP contribution is -2.39. The number of alkyl halides is 3. The second-order valence-electron chi connectivity index (χ2n) is 7.36. The average Bonchev–Trinajstić information content (AvgIpc) is 3.23. The maximum absolute atomic E-state index is 13.1. The van der Waals surface area contributed by atoms with Crippen LogP contribution in [0.15, 0.2) is 36.4 Å². The second kappa shape index (κ2) is 8.44. The lowest BCUT2D eigenvalue weighted by atomic mass is 9.95. The van der Waals surface area contributed by atoms with Crippen molar-refractivity contribution >= 4 is 29.0 Å². The van der Waals surface area contributed by atoms with Crippen molar-refractivity contribution in [3.63, 3.8) is 0 Å². The number of piperidine rings is 1. The van der Waals surface area contributed by atoms with E-state index in [9.17, 15) is 22.8 Å². The number of amides is 2. The Hall–Kier alpha value is -3.70. The predicted octanol–water partition coefficient (Wildman–Crippen LogP) is 2.36. The molecule has 3 aromatic rings. The molecule has 0 saturated carbocycles. The summed E-state index contributed by atoms with van der Waals surface area (Å²) in [5.74, 6) is -1.63. The topological polar surface area (TPSA) is 105 Å². The molecular formula is C20H20F3N7O2. The van der Waals surface area contributed by atoms with E-state index in [0.29, 0.717) is 47.5 Å². The molecule has 32 heavy (non-hydrogen) atoms. The molecule has 0 atom stereocenters. The minimum absolute atomic E-state index is 0.00474. The van der Waals surface area contributed by atoms with Crippen LogP contribution >= 0.6 is 0 Å². The fourth-order valence-corrected chi connectivity index (χ4v) is 3.65. The molecule has 1 aromatic carbocycles. The Bertz CT molecular complexity index is 1150. The van der Waals surface area contributed by atoms with E-state index in [4.69, 9.17) is 0 Å². The van der Waals surface area contributed by atoms with Gasteiger partial charge in [-0.1, -0.05) is 12.1 Å². The SMILES string of the molecule is CNC(=O)c1ccccc1NC(=O)C1CCN(c2ccc3nnc(C(F)(F)F)n3n2)CC1. The Labute approximate surface area is 180 Å². The monoisotopic (exact) mass is 447 g/mol. The standard InChI is InChI=1S/C20H20F3N7O2/c1-24-18(32)13-4-2-3-5-14(13)25-17(31)12-8-10-29(11-9-12)16-7-6-15-26-27-19(20(21,22)23)30(15)28-16/h2-7,12H,8-11H2,1H3,(H,24,32)(H,25,31). The zero-order valence-corrected chi connectivity index (χ0v) is 17.1. The summed E-state index contributed by atoms with van der Waals surface area (Å²) in [6.45, 7) is 0.883. The number of fused-ring (bicyclic) bond motifs is 1. The Kier molecular flexibility index (Phi) is 5.68. The molecule has 1 fully saturated rings. The molecule has 3 heterocycles. The number of anilines is 2. The van der Waals surface area contributed by atoms with Crippen LogP contribution in [0.2, 0.25) is 0 Å². The van der Waals surface area contributed by atoms with Crippen LogP contribution in [0.25, 0.3) is 5.65 Å². The van der Waals surface area contributed by atoms with Crippen LogP contribution in [0.4, 0.5) is 24.7 Å². The van der Waals surface area contributed by atoms with E-state index in [1.807, 2.05) is 4.90 Å². The third kappa shape index (κ3) is 4.20. The van der Waals surface area contributed by atoms with Gasteiger partial charge in [0.2, 0.25) is 5.91 Å². The van der Waals surface area contributed by atoms with Crippen LogP contribution < -0.4 is 15.5 Å². The number of nitrogens with zero attached hydrogens (tertiary/aromatic N) is 5. The number of rotatable bonds is 4. The van der Waals surface area contributed by atoms with Gasteiger partial charge in [-0.2, -0.15) is 17.7 Å². The van der Waals surface area contributed by atoms with Gasteiger partial charge in [-0.15, -0.1) is 15.3 Å². The summed E-state index contributed by atoms with van der Waals surface area (Å²) in [5.41, 5.74) is 0.802. The van der Waals surface area contributed by atoms with Crippen LogP contribution in [0.5, 0.6) is 0 Å². The zero-order valence-electron chi connectivity index (χ0n) is 17.1. The maximum Gasteiger partial charge on any atom is 0.453 e. The minimum Gasteiger partial charge on any atom is -0.355 e. The van der Waals surface area contributed by atoms with Gasteiger partial charge in [-0.05, 0) is 37.1 Å². The van der Waals surface area contributed by atoms with Crippen molar-refractivity contribution in [2.24, 2.45) is 5.92 Å². The van der Waals surface area contributed by atoms with Gasteiger partial charge in [-0.3, -0.25) is 9.59 Å². The van der Waals surface area contributed by atoms with Gasteiger partial charge in [0.25, 0.3) is 11.7 Å². The van der Waals surface area contributed by atoms with Gasteiger partial charge in [0.1, 0.15) is 5.82 Å². The Balaban J connectivity index is 1.44. The van der Waals surface area contributed by atoms with Crippen molar-refractivity contribution in [3.05, 3.63) is 47.8 Å². The summed E-state index contributed by atoms with van der Waals surface area (Å²) >= 11 is 0. The number of carbonyl (C=O) groups is 2.